The predicted molar refractivity (Wildman–Crippen MR) is 120 cm³/mol. The van der Waals surface area contributed by atoms with Crippen LogP contribution in [0.15, 0.2) is 47.4 Å². The smallest absolute Gasteiger partial charge is 0.264 e. The molecule has 0 aliphatic heterocycles. The molecule has 1 aliphatic rings. The quantitative estimate of drug-likeness (QED) is 0.625. The maximum Gasteiger partial charge on any atom is 0.264 e. The molecule has 0 unspecified atom stereocenters. The van der Waals surface area contributed by atoms with E-state index in [4.69, 9.17) is 4.74 Å². The monoisotopic (exact) mass is 431 g/mol. The van der Waals surface area contributed by atoms with Crippen molar-refractivity contribution in [3.8, 4) is 5.75 Å². The van der Waals surface area contributed by atoms with Crippen LogP contribution < -0.4 is 19.7 Å². The summed E-state index contributed by atoms with van der Waals surface area (Å²) in [6, 6.07) is 11.7. The van der Waals surface area contributed by atoms with Crippen LogP contribution in [-0.4, -0.2) is 34.5 Å². The van der Waals surface area contributed by atoms with Crippen molar-refractivity contribution in [2.75, 3.05) is 35.1 Å². The topological polar surface area (TPSA) is 87.7 Å². The van der Waals surface area contributed by atoms with Gasteiger partial charge >= 0.3 is 0 Å². The summed E-state index contributed by atoms with van der Waals surface area (Å²) in [6.45, 7) is 5.27. The molecular formula is C22H29N3O4S. The Morgan fingerprint density at radius 2 is 1.70 bits per heavy atom. The van der Waals surface area contributed by atoms with Crippen LogP contribution in [0.1, 0.15) is 33.1 Å². The van der Waals surface area contributed by atoms with Gasteiger partial charge in [0.15, 0.2) is 0 Å². The number of hydrogen-bond donors (Lipinski definition) is 2. The first-order valence-electron chi connectivity index (χ1n) is 10.2. The summed E-state index contributed by atoms with van der Waals surface area (Å²) < 4.78 is 34.3. The number of hydrogen-bond acceptors (Lipinski definition) is 5. The van der Waals surface area contributed by atoms with E-state index in [1.54, 1.807) is 43.5 Å². The number of sulfonamides is 1. The normalized spacial score (nSPS) is 14.0. The third-order valence-electron chi connectivity index (χ3n) is 5.44. The fraction of sp³-hybridized carbons (Fsp3) is 0.409. The number of benzene rings is 2. The van der Waals surface area contributed by atoms with E-state index >= 15 is 0 Å². The predicted octanol–water partition coefficient (Wildman–Crippen LogP) is 4.08. The van der Waals surface area contributed by atoms with Crippen LogP contribution in [0.3, 0.4) is 0 Å². The number of nitrogens with zero attached hydrogens (tertiary/aromatic N) is 1. The lowest BCUT2D eigenvalue weighted by Crippen LogP contribution is -2.28. The van der Waals surface area contributed by atoms with Crippen molar-refractivity contribution in [2.45, 2.75) is 38.0 Å². The number of nitrogens with one attached hydrogen (secondary N) is 2. The molecule has 7 nitrogen and oxygen atoms in total. The van der Waals surface area contributed by atoms with E-state index in [0.717, 1.165) is 19.3 Å². The van der Waals surface area contributed by atoms with Crippen LogP contribution in [0.25, 0.3) is 0 Å². The molecule has 1 saturated carbocycles. The highest BCUT2D eigenvalue weighted by molar-refractivity contribution is 7.92. The highest BCUT2D eigenvalue weighted by atomic mass is 32.2. The van der Waals surface area contributed by atoms with E-state index in [2.05, 4.69) is 10.0 Å². The van der Waals surface area contributed by atoms with Crippen LogP contribution in [0, 0.1) is 5.92 Å². The van der Waals surface area contributed by atoms with E-state index in [1.165, 1.54) is 6.07 Å². The molecule has 162 valence electrons. The van der Waals surface area contributed by atoms with Crippen LogP contribution in [0.2, 0.25) is 0 Å². The van der Waals surface area contributed by atoms with E-state index in [9.17, 15) is 13.2 Å². The number of carbonyl (C=O) groups excluding carboxylic acids is 1. The third kappa shape index (κ3) is 4.87. The summed E-state index contributed by atoms with van der Waals surface area (Å²) in [6.07, 6.45) is 2.82. The molecule has 30 heavy (non-hydrogen) atoms. The Morgan fingerprint density at radius 1 is 1.07 bits per heavy atom. The Hall–Kier alpha value is -2.74. The van der Waals surface area contributed by atoms with Gasteiger partial charge in [0, 0.05) is 30.4 Å². The molecule has 1 fully saturated rings. The lowest BCUT2D eigenvalue weighted by molar-refractivity contribution is -0.122. The maximum atomic E-state index is 13.3. The van der Waals surface area contributed by atoms with Crippen LogP contribution in [0.5, 0.6) is 5.75 Å². The van der Waals surface area contributed by atoms with E-state index in [0.29, 0.717) is 35.9 Å². The SMILES string of the molecule is CCN(CC)c1ccc(NC(=O)C2CCC2)cc1S(=O)(=O)Nc1ccc(OC)cc1. The third-order valence-corrected chi connectivity index (χ3v) is 6.85. The van der Waals surface area contributed by atoms with Crippen molar-refractivity contribution in [1.82, 2.24) is 0 Å². The molecule has 0 saturated heterocycles. The Labute approximate surface area is 178 Å². The highest BCUT2D eigenvalue weighted by Gasteiger charge is 2.27. The summed E-state index contributed by atoms with van der Waals surface area (Å²) in [5.41, 5.74) is 1.52. The number of amides is 1. The number of methoxy groups -OCH3 is 1. The molecule has 2 aromatic carbocycles. The zero-order valence-electron chi connectivity index (χ0n) is 17.6. The van der Waals surface area contributed by atoms with Crippen molar-refractivity contribution in [1.29, 1.82) is 0 Å². The minimum atomic E-state index is -3.88. The zero-order chi connectivity index (χ0) is 21.7. The van der Waals surface area contributed by atoms with Gasteiger partial charge < -0.3 is 15.0 Å². The second-order valence-electron chi connectivity index (χ2n) is 7.31. The summed E-state index contributed by atoms with van der Waals surface area (Å²) in [5, 5.41) is 2.87. The van der Waals surface area contributed by atoms with Crippen molar-refractivity contribution in [3.05, 3.63) is 42.5 Å². The number of ether oxygens (including phenoxy) is 1. The van der Waals surface area contributed by atoms with Gasteiger partial charge in [-0.3, -0.25) is 9.52 Å². The average Bonchev–Trinajstić information content (AvgIpc) is 2.68. The maximum absolute atomic E-state index is 13.3. The van der Waals surface area contributed by atoms with Gasteiger partial charge in [0.25, 0.3) is 10.0 Å². The van der Waals surface area contributed by atoms with E-state index < -0.39 is 10.0 Å². The largest absolute Gasteiger partial charge is 0.497 e. The molecular weight excluding hydrogens is 402 g/mol. The van der Waals surface area contributed by atoms with Crippen LogP contribution in [-0.2, 0) is 14.8 Å². The molecule has 2 N–H and O–H groups in total. The Kier molecular flexibility index (Phi) is 6.87. The Bertz CT molecular complexity index is 982. The van der Waals surface area contributed by atoms with Gasteiger partial charge in [-0.15, -0.1) is 0 Å². The van der Waals surface area contributed by atoms with Crippen molar-refractivity contribution < 1.29 is 17.9 Å². The molecule has 0 radical (unpaired) electrons. The molecule has 0 atom stereocenters. The van der Waals surface area contributed by atoms with Crippen molar-refractivity contribution in [3.63, 3.8) is 0 Å². The highest BCUT2D eigenvalue weighted by Crippen LogP contribution is 2.32. The van der Waals surface area contributed by atoms with Crippen LogP contribution >= 0.6 is 0 Å². The van der Waals surface area contributed by atoms with E-state index in [1.807, 2.05) is 18.7 Å². The van der Waals surface area contributed by atoms with Gasteiger partial charge in [-0.25, -0.2) is 8.42 Å². The van der Waals surface area contributed by atoms with Crippen LogP contribution in [0.4, 0.5) is 17.1 Å². The minimum absolute atomic E-state index is 0.0185. The molecule has 1 aliphatic carbocycles. The second kappa shape index (κ2) is 9.38. The minimum Gasteiger partial charge on any atom is -0.497 e. The van der Waals surface area contributed by atoms with Crippen molar-refractivity contribution in [2.24, 2.45) is 5.92 Å². The average molecular weight is 432 g/mol. The lowest BCUT2D eigenvalue weighted by atomic mass is 9.85. The van der Waals surface area contributed by atoms with Gasteiger partial charge in [-0.1, -0.05) is 6.42 Å². The first-order chi connectivity index (χ1) is 14.4. The zero-order valence-corrected chi connectivity index (χ0v) is 18.5. The number of anilines is 3. The fourth-order valence-electron chi connectivity index (χ4n) is 3.42. The second-order valence-corrected chi connectivity index (χ2v) is 8.96. The van der Waals surface area contributed by atoms with Crippen molar-refractivity contribution >= 4 is 33.0 Å². The fourth-order valence-corrected chi connectivity index (χ4v) is 4.73. The van der Waals surface area contributed by atoms with Gasteiger partial charge in [-0.2, -0.15) is 0 Å². The lowest BCUT2D eigenvalue weighted by Gasteiger charge is -2.26. The molecule has 8 heteroatoms. The van der Waals surface area contributed by atoms with Gasteiger partial charge in [0.1, 0.15) is 10.6 Å². The van der Waals surface area contributed by atoms with Gasteiger partial charge in [0.05, 0.1) is 12.8 Å². The Balaban J connectivity index is 1.94. The first-order valence-corrected chi connectivity index (χ1v) is 11.7. The summed E-state index contributed by atoms with van der Waals surface area (Å²) in [5.74, 6) is 0.607. The first kappa shape index (κ1) is 22.0. The standard InChI is InChI=1S/C22H29N3O4S/c1-4-25(5-2)20-14-11-18(23-22(26)16-7-6-8-16)15-21(20)30(27,28)24-17-9-12-19(29-3)13-10-17/h9-16,24H,4-8H2,1-3H3,(H,23,26). The molecule has 2 aromatic rings. The summed E-state index contributed by atoms with van der Waals surface area (Å²) in [4.78, 5) is 14.4. The molecule has 0 heterocycles. The van der Waals surface area contributed by atoms with E-state index in [-0.39, 0.29) is 16.7 Å². The van der Waals surface area contributed by atoms with Gasteiger partial charge in [-0.05, 0) is 69.2 Å². The molecule has 1 amide bonds. The molecule has 3 rings (SSSR count). The Morgan fingerprint density at radius 3 is 2.23 bits per heavy atom. The summed E-state index contributed by atoms with van der Waals surface area (Å²) in [7, 11) is -2.33. The summed E-state index contributed by atoms with van der Waals surface area (Å²) >= 11 is 0. The molecule has 0 bridgehead atoms. The van der Waals surface area contributed by atoms with Gasteiger partial charge in [0.2, 0.25) is 5.91 Å². The molecule has 0 spiro atoms. The number of carbonyl (C=O) groups is 1. The molecule has 0 aromatic heterocycles. The number of rotatable bonds is 9.